The van der Waals surface area contributed by atoms with E-state index in [0.717, 1.165) is 25.9 Å². The van der Waals surface area contributed by atoms with Crippen LogP contribution in [0.1, 0.15) is 40.5 Å². The van der Waals surface area contributed by atoms with Crippen molar-refractivity contribution in [2.75, 3.05) is 13.1 Å². The summed E-state index contributed by atoms with van der Waals surface area (Å²) in [6, 6.07) is 0. The molecule has 2 rings (SSSR count). The van der Waals surface area contributed by atoms with Gasteiger partial charge in [0.15, 0.2) is 0 Å². The molecule has 1 heterocycles. The Morgan fingerprint density at radius 1 is 1.21 bits per heavy atom. The molecule has 1 aliphatic heterocycles. The molecule has 2 heteroatoms. The van der Waals surface area contributed by atoms with Crippen molar-refractivity contribution >= 4 is 0 Å². The van der Waals surface area contributed by atoms with Gasteiger partial charge in [-0.25, -0.2) is 0 Å². The van der Waals surface area contributed by atoms with Crippen LogP contribution in [0.25, 0.3) is 0 Å². The fourth-order valence-electron chi connectivity index (χ4n) is 3.13. The minimum atomic E-state index is -0.421. The molecule has 1 aliphatic carbocycles. The molecular formula is C12H23NO. The van der Waals surface area contributed by atoms with E-state index < -0.39 is 5.60 Å². The van der Waals surface area contributed by atoms with Gasteiger partial charge in [-0.15, -0.1) is 0 Å². The maximum atomic E-state index is 10.3. The summed E-state index contributed by atoms with van der Waals surface area (Å²) in [7, 11) is 0. The largest absolute Gasteiger partial charge is 0.389 e. The van der Waals surface area contributed by atoms with Crippen LogP contribution in [0.2, 0.25) is 0 Å². The highest BCUT2D eigenvalue weighted by Gasteiger charge is 2.65. The first-order valence-electron chi connectivity index (χ1n) is 5.73. The van der Waals surface area contributed by atoms with Crippen LogP contribution in [-0.4, -0.2) is 23.8 Å². The highest BCUT2D eigenvalue weighted by Crippen LogP contribution is 2.70. The van der Waals surface area contributed by atoms with Gasteiger partial charge in [-0.1, -0.05) is 27.7 Å². The standard InChI is InChI=1S/C12H23NO/c1-10(2)9(11(10,3)4)7-12(14)5-6-13-8-12/h9,13-14H,5-8H2,1-4H3. The molecule has 1 saturated carbocycles. The second-order valence-corrected chi connectivity index (χ2v) is 6.35. The van der Waals surface area contributed by atoms with Crippen LogP contribution in [-0.2, 0) is 0 Å². The van der Waals surface area contributed by atoms with Crippen LogP contribution >= 0.6 is 0 Å². The quantitative estimate of drug-likeness (QED) is 0.707. The Morgan fingerprint density at radius 3 is 2.14 bits per heavy atom. The first-order chi connectivity index (χ1) is 6.30. The molecule has 1 unspecified atom stereocenters. The van der Waals surface area contributed by atoms with Gasteiger partial charge in [0.2, 0.25) is 0 Å². The van der Waals surface area contributed by atoms with Gasteiger partial charge in [0, 0.05) is 6.54 Å². The van der Waals surface area contributed by atoms with Crippen molar-refractivity contribution in [1.29, 1.82) is 0 Å². The van der Waals surface area contributed by atoms with E-state index in [0.29, 0.717) is 16.7 Å². The first-order valence-corrected chi connectivity index (χ1v) is 5.73. The molecule has 2 aliphatic rings. The maximum absolute atomic E-state index is 10.3. The topological polar surface area (TPSA) is 32.3 Å². The van der Waals surface area contributed by atoms with E-state index in [9.17, 15) is 5.11 Å². The van der Waals surface area contributed by atoms with Gasteiger partial charge in [-0.2, -0.15) is 0 Å². The molecule has 2 N–H and O–H groups in total. The molecule has 2 nitrogen and oxygen atoms in total. The average Bonchev–Trinajstić information content (AvgIpc) is 2.48. The average molecular weight is 197 g/mol. The molecule has 0 radical (unpaired) electrons. The normalized spacial score (nSPS) is 40.1. The lowest BCUT2D eigenvalue weighted by Gasteiger charge is -2.22. The van der Waals surface area contributed by atoms with Crippen LogP contribution in [0.15, 0.2) is 0 Å². The third kappa shape index (κ3) is 1.31. The maximum Gasteiger partial charge on any atom is 0.0786 e. The van der Waals surface area contributed by atoms with E-state index in [4.69, 9.17) is 0 Å². The molecule has 0 bridgehead atoms. The monoisotopic (exact) mass is 197 g/mol. The van der Waals surface area contributed by atoms with Crippen molar-refractivity contribution in [3.05, 3.63) is 0 Å². The van der Waals surface area contributed by atoms with Gasteiger partial charge < -0.3 is 10.4 Å². The van der Waals surface area contributed by atoms with Crippen molar-refractivity contribution in [1.82, 2.24) is 5.32 Å². The zero-order valence-electron chi connectivity index (χ0n) is 9.85. The smallest absolute Gasteiger partial charge is 0.0786 e. The van der Waals surface area contributed by atoms with Crippen LogP contribution in [0.4, 0.5) is 0 Å². The van der Waals surface area contributed by atoms with Crippen LogP contribution in [0.3, 0.4) is 0 Å². The molecule has 0 spiro atoms. The minimum Gasteiger partial charge on any atom is -0.389 e. The summed E-state index contributed by atoms with van der Waals surface area (Å²) in [5, 5.41) is 13.6. The zero-order chi connectivity index (χ0) is 10.6. The van der Waals surface area contributed by atoms with Crippen molar-refractivity contribution in [3.63, 3.8) is 0 Å². The lowest BCUT2D eigenvalue weighted by atomic mass is 9.92. The summed E-state index contributed by atoms with van der Waals surface area (Å²) >= 11 is 0. The predicted octanol–water partition coefficient (Wildman–Crippen LogP) is 1.78. The highest BCUT2D eigenvalue weighted by molar-refractivity contribution is 5.14. The summed E-state index contributed by atoms with van der Waals surface area (Å²) in [4.78, 5) is 0. The van der Waals surface area contributed by atoms with E-state index in [1.807, 2.05) is 0 Å². The fourth-order valence-corrected chi connectivity index (χ4v) is 3.13. The Hall–Kier alpha value is -0.0800. The molecule has 2 fully saturated rings. The summed E-state index contributed by atoms with van der Waals surface area (Å²) < 4.78 is 0. The summed E-state index contributed by atoms with van der Waals surface area (Å²) in [5.41, 5.74) is 0.395. The molecule has 14 heavy (non-hydrogen) atoms. The van der Waals surface area contributed by atoms with Gasteiger partial charge in [0.25, 0.3) is 0 Å². The molecule has 82 valence electrons. The summed E-state index contributed by atoms with van der Waals surface area (Å²) in [5.74, 6) is 0.680. The van der Waals surface area contributed by atoms with Crippen LogP contribution in [0.5, 0.6) is 0 Å². The number of hydrogen-bond donors (Lipinski definition) is 2. The predicted molar refractivity (Wildman–Crippen MR) is 58.1 cm³/mol. The van der Waals surface area contributed by atoms with Gasteiger partial charge >= 0.3 is 0 Å². The Bertz CT molecular complexity index is 225. The number of hydrogen-bond acceptors (Lipinski definition) is 2. The van der Waals surface area contributed by atoms with Crippen molar-refractivity contribution < 1.29 is 5.11 Å². The molecule has 0 aromatic rings. The number of aliphatic hydroxyl groups is 1. The van der Waals surface area contributed by atoms with E-state index >= 15 is 0 Å². The van der Waals surface area contributed by atoms with Gasteiger partial charge in [0.05, 0.1) is 5.60 Å². The third-order valence-electron chi connectivity index (χ3n) is 5.12. The van der Waals surface area contributed by atoms with Gasteiger partial charge in [-0.05, 0) is 36.1 Å². The molecular weight excluding hydrogens is 174 g/mol. The van der Waals surface area contributed by atoms with E-state index in [2.05, 4.69) is 33.0 Å². The molecule has 1 atom stereocenters. The van der Waals surface area contributed by atoms with E-state index in [1.54, 1.807) is 0 Å². The molecule has 0 aromatic heterocycles. The third-order valence-corrected chi connectivity index (χ3v) is 5.12. The summed E-state index contributed by atoms with van der Waals surface area (Å²) in [6.45, 7) is 11.1. The Labute approximate surface area is 87.1 Å². The molecule has 1 saturated heterocycles. The highest BCUT2D eigenvalue weighted by atomic mass is 16.3. The molecule has 0 aromatic carbocycles. The second kappa shape index (κ2) is 2.73. The Balaban J connectivity index is 2.00. The Morgan fingerprint density at radius 2 is 1.79 bits per heavy atom. The molecule has 0 amide bonds. The number of nitrogens with one attached hydrogen (secondary N) is 1. The Kier molecular flexibility index (Phi) is 2.04. The first kappa shape index (κ1) is 10.4. The van der Waals surface area contributed by atoms with Gasteiger partial charge in [-0.3, -0.25) is 0 Å². The second-order valence-electron chi connectivity index (χ2n) is 6.35. The zero-order valence-corrected chi connectivity index (χ0v) is 9.85. The van der Waals surface area contributed by atoms with E-state index in [-0.39, 0.29) is 0 Å². The van der Waals surface area contributed by atoms with E-state index in [1.165, 1.54) is 0 Å². The SMILES string of the molecule is CC1(C)C(CC2(O)CCNC2)C1(C)C. The van der Waals surface area contributed by atoms with Crippen LogP contribution < -0.4 is 5.32 Å². The van der Waals surface area contributed by atoms with Crippen molar-refractivity contribution in [2.24, 2.45) is 16.7 Å². The van der Waals surface area contributed by atoms with Crippen LogP contribution in [0, 0.1) is 16.7 Å². The minimum absolute atomic E-state index is 0.408. The van der Waals surface area contributed by atoms with Crippen molar-refractivity contribution in [3.8, 4) is 0 Å². The summed E-state index contributed by atoms with van der Waals surface area (Å²) in [6.07, 6.45) is 1.90. The lowest BCUT2D eigenvalue weighted by Crippen LogP contribution is -2.32. The number of rotatable bonds is 2. The van der Waals surface area contributed by atoms with Gasteiger partial charge in [0.1, 0.15) is 0 Å². The lowest BCUT2D eigenvalue weighted by molar-refractivity contribution is 0.0409. The number of β-amino-alcohol motifs (C(OH)–C–C–N with tert-alkyl or cyclic N) is 1. The van der Waals surface area contributed by atoms with Crippen molar-refractivity contribution in [2.45, 2.75) is 46.1 Å². The fraction of sp³-hybridized carbons (Fsp3) is 1.00.